The molecule has 0 fully saturated rings. The predicted molar refractivity (Wildman–Crippen MR) is 63.0 cm³/mol. The Labute approximate surface area is 100 Å². The molecule has 0 aliphatic heterocycles. The number of nitrogens with zero attached hydrogens (tertiary/aromatic N) is 2. The molecule has 1 aromatic heterocycles. The number of carboxylic acids is 1. The van der Waals surface area contributed by atoms with Gasteiger partial charge in [0.05, 0.1) is 0 Å². The largest absolute Gasteiger partial charge is 0.477 e. The van der Waals surface area contributed by atoms with Gasteiger partial charge in [0.2, 0.25) is 0 Å². The maximum absolute atomic E-state index is 12.1. The summed E-state index contributed by atoms with van der Waals surface area (Å²) in [5, 5.41) is 8.81. The summed E-state index contributed by atoms with van der Waals surface area (Å²) in [6, 6.07) is 2.91. The third-order valence-electron chi connectivity index (χ3n) is 2.45. The highest BCUT2D eigenvalue weighted by Crippen LogP contribution is 2.09. The zero-order chi connectivity index (χ0) is 13.0. The lowest BCUT2D eigenvalue weighted by Gasteiger charge is -2.25. The lowest BCUT2D eigenvalue weighted by atomic mass is 10.1. The number of carboxylic acid groups (broad SMARTS) is 1. The summed E-state index contributed by atoms with van der Waals surface area (Å²) in [6.45, 7) is 6.31. The fraction of sp³-hybridized carbons (Fsp3) is 0.417. The van der Waals surface area contributed by atoms with Crippen molar-refractivity contribution in [2.75, 3.05) is 6.54 Å². The van der Waals surface area contributed by atoms with Crippen LogP contribution in [0.1, 0.15) is 41.6 Å². The Morgan fingerprint density at radius 2 is 2.12 bits per heavy atom. The van der Waals surface area contributed by atoms with Gasteiger partial charge < -0.3 is 10.0 Å². The average Bonchev–Trinajstić information content (AvgIpc) is 2.29. The number of hydrogen-bond donors (Lipinski definition) is 1. The van der Waals surface area contributed by atoms with Gasteiger partial charge in [-0.05, 0) is 32.9 Å². The standard InChI is InChI=1S/C12H16N2O3/c1-4-14(8(2)3)11(15)9-5-6-13-10(7-9)12(16)17/h5-8H,4H2,1-3H3,(H,16,17). The van der Waals surface area contributed by atoms with Crippen LogP contribution in [0.3, 0.4) is 0 Å². The van der Waals surface area contributed by atoms with E-state index >= 15 is 0 Å². The second-order valence-corrected chi connectivity index (χ2v) is 3.92. The van der Waals surface area contributed by atoms with Gasteiger partial charge in [-0.25, -0.2) is 9.78 Å². The third kappa shape index (κ3) is 3.03. The Morgan fingerprint density at radius 1 is 1.47 bits per heavy atom. The molecule has 1 rings (SSSR count). The van der Waals surface area contributed by atoms with E-state index in [1.807, 2.05) is 20.8 Å². The normalized spacial score (nSPS) is 10.4. The summed E-state index contributed by atoms with van der Waals surface area (Å²) < 4.78 is 0. The van der Waals surface area contributed by atoms with E-state index in [0.29, 0.717) is 12.1 Å². The fourth-order valence-corrected chi connectivity index (χ4v) is 1.59. The Hall–Kier alpha value is -1.91. The fourth-order valence-electron chi connectivity index (χ4n) is 1.59. The highest BCUT2D eigenvalue weighted by molar-refractivity contribution is 5.96. The first kappa shape index (κ1) is 13.2. The molecule has 0 bridgehead atoms. The van der Waals surface area contributed by atoms with Crippen LogP contribution in [-0.2, 0) is 0 Å². The van der Waals surface area contributed by atoms with Crippen LogP contribution in [-0.4, -0.2) is 39.5 Å². The van der Waals surface area contributed by atoms with E-state index in [4.69, 9.17) is 5.11 Å². The van der Waals surface area contributed by atoms with Crippen LogP contribution in [0.15, 0.2) is 18.3 Å². The molecule has 0 atom stereocenters. The second-order valence-electron chi connectivity index (χ2n) is 3.92. The van der Waals surface area contributed by atoms with E-state index in [1.165, 1.54) is 18.3 Å². The van der Waals surface area contributed by atoms with Gasteiger partial charge >= 0.3 is 5.97 Å². The van der Waals surface area contributed by atoms with Crippen molar-refractivity contribution in [3.63, 3.8) is 0 Å². The van der Waals surface area contributed by atoms with Gasteiger partial charge in [0, 0.05) is 24.3 Å². The summed E-state index contributed by atoms with van der Waals surface area (Å²) in [5.41, 5.74) is 0.239. The second kappa shape index (κ2) is 5.43. The summed E-state index contributed by atoms with van der Waals surface area (Å²) >= 11 is 0. The van der Waals surface area contributed by atoms with Crippen LogP contribution in [0.2, 0.25) is 0 Å². The molecule has 1 heterocycles. The average molecular weight is 236 g/mol. The minimum Gasteiger partial charge on any atom is -0.477 e. The molecule has 1 N–H and O–H groups in total. The van der Waals surface area contributed by atoms with Crippen molar-refractivity contribution in [1.82, 2.24) is 9.88 Å². The molecular weight excluding hydrogens is 220 g/mol. The van der Waals surface area contributed by atoms with Crippen LogP contribution in [0.4, 0.5) is 0 Å². The van der Waals surface area contributed by atoms with E-state index < -0.39 is 5.97 Å². The molecule has 0 unspecified atom stereocenters. The molecule has 0 aliphatic rings. The molecule has 1 aromatic rings. The van der Waals surface area contributed by atoms with Crippen LogP contribution in [0.25, 0.3) is 0 Å². The number of aromatic carboxylic acids is 1. The van der Waals surface area contributed by atoms with Crippen molar-refractivity contribution in [3.8, 4) is 0 Å². The first-order valence-corrected chi connectivity index (χ1v) is 5.47. The zero-order valence-electron chi connectivity index (χ0n) is 10.2. The van der Waals surface area contributed by atoms with Gasteiger partial charge in [-0.1, -0.05) is 0 Å². The monoisotopic (exact) mass is 236 g/mol. The SMILES string of the molecule is CCN(C(=O)c1ccnc(C(=O)O)c1)C(C)C. The van der Waals surface area contributed by atoms with E-state index in [-0.39, 0.29) is 17.6 Å². The van der Waals surface area contributed by atoms with Crippen LogP contribution >= 0.6 is 0 Å². The number of pyridine rings is 1. The quantitative estimate of drug-likeness (QED) is 0.862. The molecular formula is C12H16N2O3. The maximum Gasteiger partial charge on any atom is 0.354 e. The van der Waals surface area contributed by atoms with E-state index in [1.54, 1.807) is 4.90 Å². The van der Waals surface area contributed by atoms with Gasteiger partial charge in [-0.3, -0.25) is 4.79 Å². The highest BCUT2D eigenvalue weighted by Gasteiger charge is 2.18. The Bertz CT molecular complexity index is 430. The number of aromatic nitrogens is 1. The molecule has 1 amide bonds. The van der Waals surface area contributed by atoms with Crippen molar-refractivity contribution in [3.05, 3.63) is 29.6 Å². The van der Waals surface area contributed by atoms with E-state index in [9.17, 15) is 9.59 Å². The highest BCUT2D eigenvalue weighted by atomic mass is 16.4. The molecule has 0 radical (unpaired) electrons. The minimum atomic E-state index is -1.13. The molecule has 0 aromatic carbocycles. The van der Waals surface area contributed by atoms with Gasteiger partial charge in [0.15, 0.2) is 0 Å². The summed E-state index contributed by atoms with van der Waals surface area (Å²) in [5.74, 6) is -1.31. The summed E-state index contributed by atoms with van der Waals surface area (Å²) in [7, 11) is 0. The molecule has 92 valence electrons. The Morgan fingerprint density at radius 3 is 2.59 bits per heavy atom. The van der Waals surface area contributed by atoms with Crippen molar-refractivity contribution >= 4 is 11.9 Å². The van der Waals surface area contributed by atoms with Crippen LogP contribution in [0.5, 0.6) is 0 Å². The Kier molecular flexibility index (Phi) is 4.20. The van der Waals surface area contributed by atoms with E-state index in [2.05, 4.69) is 4.98 Å². The van der Waals surface area contributed by atoms with Crippen molar-refractivity contribution in [1.29, 1.82) is 0 Å². The molecule has 5 nitrogen and oxygen atoms in total. The number of carbonyl (C=O) groups excluding carboxylic acids is 1. The van der Waals surface area contributed by atoms with Crippen LogP contribution in [0, 0.1) is 0 Å². The predicted octanol–water partition coefficient (Wildman–Crippen LogP) is 1.65. The topological polar surface area (TPSA) is 70.5 Å². The number of carbonyl (C=O) groups is 2. The molecule has 0 spiro atoms. The summed E-state index contributed by atoms with van der Waals surface area (Å²) in [6.07, 6.45) is 1.34. The Balaban J connectivity index is 3.03. The van der Waals surface area contributed by atoms with Gasteiger partial charge in [0.25, 0.3) is 5.91 Å². The molecule has 0 saturated carbocycles. The minimum absolute atomic E-state index is 0.0777. The van der Waals surface area contributed by atoms with Crippen LogP contribution < -0.4 is 0 Å². The van der Waals surface area contributed by atoms with Crippen molar-refractivity contribution in [2.45, 2.75) is 26.8 Å². The number of rotatable bonds is 4. The molecule has 0 saturated heterocycles. The van der Waals surface area contributed by atoms with Gasteiger partial charge in [-0.15, -0.1) is 0 Å². The smallest absolute Gasteiger partial charge is 0.354 e. The molecule has 5 heteroatoms. The lowest BCUT2D eigenvalue weighted by molar-refractivity contribution is 0.0690. The third-order valence-corrected chi connectivity index (χ3v) is 2.45. The zero-order valence-corrected chi connectivity index (χ0v) is 10.2. The van der Waals surface area contributed by atoms with Gasteiger partial charge in [-0.2, -0.15) is 0 Å². The van der Waals surface area contributed by atoms with Crippen molar-refractivity contribution < 1.29 is 14.7 Å². The van der Waals surface area contributed by atoms with Crippen molar-refractivity contribution in [2.24, 2.45) is 0 Å². The first-order valence-electron chi connectivity index (χ1n) is 5.47. The summed E-state index contributed by atoms with van der Waals surface area (Å²) in [4.78, 5) is 28.2. The number of hydrogen-bond acceptors (Lipinski definition) is 3. The maximum atomic E-state index is 12.1. The molecule has 17 heavy (non-hydrogen) atoms. The first-order chi connectivity index (χ1) is 7.97. The van der Waals surface area contributed by atoms with Gasteiger partial charge in [0.1, 0.15) is 5.69 Å². The molecule has 0 aliphatic carbocycles. The number of amides is 1. The lowest BCUT2D eigenvalue weighted by Crippen LogP contribution is -2.36. The van der Waals surface area contributed by atoms with E-state index in [0.717, 1.165) is 0 Å².